The number of carboxylic acids is 1. The van der Waals surface area contributed by atoms with Crippen molar-refractivity contribution in [2.45, 2.75) is 13.0 Å². The number of hydrogen-bond donors (Lipinski definition) is 3. The molecule has 1 rings (SSSR count). The van der Waals surface area contributed by atoms with Gasteiger partial charge in [0, 0.05) is 5.38 Å². The Morgan fingerprint density at radius 3 is 2.80 bits per heavy atom. The first kappa shape index (κ1) is 11.6. The van der Waals surface area contributed by atoms with Gasteiger partial charge in [-0.15, -0.1) is 11.3 Å². The van der Waals surface area contributed by atoms with Crippen molar-refractivity contribution in [3.63, 3.8) is 0 Å². The maximum atomic E-state index is 11.3. The van der Waals surface area contributed by atoms with Crippen molar-refractivity contribution < 1.29 is 19.8 Å². The first-order valence-corrected chi connectivity index (χ1v) is 5.00. The number of carboxylic acid groups (broad SMARTS) is 1. The molecule has 15 heavy (non-hydrogen) atoms. The highest BCUT2D eigenvalue weighted by Gasteiger charge is 2.15. The molecule has 82 valence electrons. The SMILES string of the molecule is Cc1nc(C(=O)NC[C@H](O)C(=O)O)cs1. The van der Waals surface area contributed by atoms with Crippen LogP contribution in [-0.4, -0.2) is 39.7 Å². The average molecular weight is 230 g/mol. The Morgan fingerprint density at radius 2 is 2.33 bits per heavy atom. The monoisotopic (exact) mass is 230 g/mol. The van der Waals surface area contributed by atoms with Crippen molar-refractivity contribution in [1.82, 2.24) is 10.3 Å². The third-order valence-electron chi connectivity index (χ3n) is 1.59. The van der Waals surface area contributed by atoms with Crippen LogP contribution in [0.2, 0.25) is 0 Å². The predicted molar refractivity (Wildman–Crippen MR) is 52.8 cm³/mol. The number of nitrogens with one attached hydrogen (secondary N) is 1. The van der Waals surface area contributed by atoms with Gasteiger partial charge in [0.2, 0.25) is 0 Å². The summed E-state index contributed by atoms with van der Waals surface area (Å²) >= 11 is 1.32. The molecular formula is C8H10N2O4S. The Morgan fingerprint density at radius 1 is 1.67 bits per heavy atom. The second-order valence-electron chi connectivity index (χ2n) is 2.82. The van der Waals surface area contributed by atoms with Crippen molar-refractivity contribution >= 4 is 23.2 Å². The first-order valence-electron chi connectivity index (χ1n) is 4.12. The molecule has 3 N–H and O–H groups in total. The lowest BCUT2D eigenvalue weighted by Crippen LogP contribution is -2.36. The molecule has 7 heteroatoms. The number of carbonyl (C=O) groups excluding carboxylic acids is 1. The third kappa shape index (κ3) is 3.30. The Balaban J connectivity index is 2.47. The van der Waals surface area contributed by atoms with E-state index in [9.17, 15) is 9.59 Å². The van der Waals surface area contributed by atoms with Crippen LogP contribution < -0.4 is 5.32 Å². The number of aliphatic hydroxyl groups excluding tert-OH is 1. The van der Waals surface area contributed by atoms with Gasteiger partial charge in [0.05, 0.1) is 11.6 Å². The van der Waals surface area contributed by atoms with Crippen LogP contribution in [0.5, 0.6) is 0 Å². The van der Waals surface area contributed by atoms with Gasteiger partial charge in [-0.05, 0) is 6.92 Å². The molecular weight excluding hydrogens is 220 g/mol. The Labute approximate surface area is 89.6 Å². The number of aromatic nitrogens is 1. The lowest BCUT2D eigenvalue weighted by atomic mass is 10.3. The average Bonchev–Trinajstić information content (AvgIpc) is 2.60. The molecule has 0 saturated carbocycles. The van der Waals surface area contributed by atoms with Gasteiger partial charge in [-0.2, -0.15) is 0 Å². The summed E-state index contributed by atoms with van der Waals surface area (Å²) in [5, 5.41) is 21.8. The molecule has 0 aromatic carbocycles. The number of nitrogens with zero attached hydrogens (tertiary/aromatic N) is 1. The smallest absolute Gasteiger partial charge is 0.334 e. The summed E-state index contributed by atoms with van der Waals surface area (Å²) in [7, 11) is 0. The molecule has 0 aliphatic carbocycles. The van der Waals surface area contributed by atoms with Gasteiger partial charge >= 0.3 is 5.97 Å². The van der Waals surface area contributed by atoms with E-state index in [0.29, 0.717) is 0 Å². The highest BCUT2D eigenvalue weighted by Crippen LogP contribution is 2.07. The number of carbonyl (C=O) groups is 2. The van der Waals surface area contributed by atoms with Crippen molar-refractivity contribution in [1.29, 1.82) is 0 Å². The topological polar surface area (TPSA) is 99.5 Å². The molecule has 0 saturated heterocycles. The summed E-state index contributed by atoms with van der Waals surface area (Å²) in [6.45, 7) is 1.43. The van der Waals surface area contributed by atoms with E-state index >= 15 is 0 Å². The van der Waals surface area contributed by atoms with Crippen LogP contribution in [0.4, 0.5) is 0 Å². The summed E-state index contributed by atoms with van der Waals surface area (Å²) in [6, 6.07) is 0. The fraction of sp³-hybridized carbons (Fsp3) is 0.375. The normalized spacial score (nSPS) is 12.1. The fourth-order valence-corrected chi connectivity index (χ4v) is 1.43. The summed E-state index contributed by atoms with van der Waals surface area (Å²) in [5.74, 6) is -1.86. The molecule has 0 spiro atoms. The van der Waals surface area contributed by atoms with Crippen molar-refractivity contribution in [3.05, 3.63) is 16.1 Å². The molecule has 6 nitrogen and oxygen atoms in total. The van der Waals surface area contributed by atoms with Gasteiger partial charge < -0.3 is 15.5 Å². The van der Waals surface area contributed by atoms with Crippen LogP contribution in [-0.2, 0) is 4.79 Å². The van der Waals surface area contributed by atoms with Crippen molar-refractivity contribution in [2.24, 2.45) is 0 Å². The van der Waals surface area contributed by atoms with Crippen LogP contribution in [0.1, 0.15) is 15.5 Å². The van der Waals surface area contributed by atoms with E-state index < -0.39 is 18.0 Å². The quantitative estimate of drug-likeness (QED) is 0.655. The van der Waals surface area contributed by atoms with Gasteiger partial charge in [0.15, 0.2) is 6.10 Å². The molecule has 0 bridgehead atoms. The minimum absolute atomic E-state index is 0.232. The van der Waals surface area contributed by atoms with Gasteiger partial charge in [-0.25, -0.2) is 9.78 Å². The molecule has 0 fully saturated rings. The minimum Gasteiger partial charge on any atom is -0.479 e. The summed E-state index contributed by atoms with van der Waals surface area (Å²) in [5.41, 5.74) is 0.232. The summed E-state index contributed by atoms with van der Waals surface area (Å²) in [6.07, 6.45) is -1.59. The zero-order valence-electron chi connectivity index (χ0n) is 7.93. The number of hydrogen-bond acceptors (Lipinski definition) is 5. The number of aliphatic carboxylic acids is 1. The predicted octanol–water partition coefficient (Wildman–Crippen LogP) is -0.373. The van der Waals surface area contributed by atoms with E-state index in [-0.39, 0.29) is 12.2 Å². The highest BCUT2D eigenvalue weighted by molar-refractivity contribution is 7.09. The zero-order valence-corrected chi connectivity index (χ0v) is 8.74. The van der Waals surface area contributed by atoms with E-state index in [0.717, 1.165) is 5.01 Å². The fourth-order valence-electron chi connectivity index (χ4n) is 0.835. The summed E-state index contributed by atoms with van der Waals surface area (Å²) < 4.78 is 0. The number of aryl methyl sites for hydroxylation is 1. The summed E-state index contributed by atoms with van der Waals surface area (Å²) in [4.78, 5) is 25.5. The second-order valence-corrected chi connectivity index (χ2v) is 3.88. The van der Waals surface area contributed by atoms with Crippen molar-refractivity contribution in [3.8, 4) is 0 Å². The van der Waals surface area contributed by atoms with E-state index in [1.54, 1.807) is 12.3 Å². The van der Waals surface area contributed by atoms with Crippen LogP contribution >= 0.6 is 11.3 Å². The van der Waals surface area contributed by atoms with E-state index in [1.165, 1.54) is 11.3 Å². The Hall–Kier alpha value is -1.47. The number of thiazole rings is 1. The zero-order chi connectivity index (χ0) is 11.4. The molecule has 1 amide bonds. The number of aliphatic hydroxyl groups is 1. The maximum Gasteiger partial charge on any atom is 0.334 e. The standard InChI is InChI=1S/C8H10N2O4S/c1-4-10-5(3-15-4)7(12)9-2-6(11)8(13)14/h3,6,11H,2H2,1H3,(H,9,12)(H,13,14)/t6-/m0/s1. The molecule has 0 aliphatic heterocycles. The molecule has 1 heterocycles. The minimum atomic E-state index is -1.59. The number of rotatable bonds is 4. The van der Waals surface area contributed by atoms with Gasteiger partial charge in [-0.3, -0.25) is 4.79 Å². The third-order valence-corrected chi connectivity index (χ3v) is 2.37. The molecule has 0 aliphatic rings. The van der Waals surface area contributed by atoms with Gasteiger partial charge in [0.1, 0.15) is 5.69 Å². The van der Waals surface area contributed by atoms with Gasteiger partial charge in [0.25, 0.3) is 5.91 Å². The van der Waals surface area contributed by atoms with E-state index in [1.807, 2.05) is 0 Å². The lowest BCUT2D eigenvalue weighted by molar-refractivity contribution is -0.146. The molecule has 1 aromatic heterocycles. The van der Waals surface area contributed by atoms with Gasteiger partial charge in [-0.1, -0.05) is 0 Å². The molecule has 0 unspecified atom stereocenters. The van der Waals surface area contributed by atoms with E-state index in [4.69, 9.17) is 10.2 Å². The highest BCUT2D eigenvalue weighted by atomic mass is 32.1. The van der Waals surface area contributed by atoms with Crippen LogP contribution in [0.3, 0.4) is 0 Å². The Kier molecular flexibility index (Phi) is 3.75. The van der Waals surface area contributed by atoms with Crippen LogP contribution in [0.25, 0.3) is 0 Å². The largest absolute Gasteiger partial charge is 0.479 e. The molecule has 0 radical (unpaired) electrons. The number of amides is 1. The van der Waals surface area contributed by atoms with Crippen LogP contribution in [0, 0.1) is 6.92 Å². The van der Waals surface area contributed by atoms with Crippen LogP contribution in [0.15, 0.2) is 5.38 Å². The molecule has 1 atom stereocenters. The second kappa shape index (κ2) is 4.85. The lowest BCUT2D eigenvalue weighted by Gasteiger charge is -2.05. The van der Waals surface area contributed by atoms with E-state index in [2.05, 4.69) is 10.3 Å². The maximum absolute atomic E-state index is 11.3. The first-order chi connectivity index (χ1) is 7.00. The molecule has 1 aromatic rings. The van der Waals surface area contributed by atoms with Crippen molar-refractivity contribution in [2.75, 3.05) is 6.54 Å². The Bertz CT molecular complexity index is 376.